The minimum absolute atomic E-state index is 0.187. The van der Waals surface area contributed by atoms with Crippen LogP contribution in [0.3, 0.4) is 0 Å². The summed E-state index contributed by atoms with van der Waals surface area (Å²) in [6, 6.07) is 0. The number of carboxylic acid groups (broad SMARTS) is 1. The summed E-state index contributed by atoms with van der Waals surface area (Å²) in [7, 11) is 0. The number of carbonyl (C=O) groups excluding carboxylic acids is 1. The fourth-order valence-corrected chi connectivity index (χ4v) is 0.824. The topological polar surface area (TPSA) is 63.6 Å². The molecule has 0 heterocycles. The van der Waals surface area contributed by atoms with E-state index in [4.69, 9.17) is 5.11 Å². The molecular formula is C9H14O4. The summed E-state index contributed by atoms with van der Waals surface area (Å²) in [4.78, 5) is 21.8. The van der Waals surface area contributed by atoms with E-state index in [-0.39, 0.29) is 12.2 Å². The van der Waals surface area contributed by atoms with Crippen molar-refractivity contribution in [3.05, 3.63) is 11.1 Å². The van der Waals surface area contributed by atoms with Gasteiger partial charge >= 0.3 is 11.9 Å². The third-order valence-electron chi connectivity index (χ3n) is 1.65. The Bertz CT molecular complexity index is 240. The quantitative estimate of drug-likeness (QED) is 0.311. The highest BCUT2D eigenvalue weighted by Crippen LogP contribution is 2.10. The van der Waals surface area contributed by atoms with E-state index in [0.717, 1.165) is 0 Å². The van der Waals surface area contributed by atoms with E-state index in [0.29, 0.717) is 12.0 Å². The largest absolute Gasteiger partial charge is 0.477 e. The summed E-state index contributed by atoms with van der Waals surface area (Å²) in [6.07, 6.45) is 0.528. The molecule has 0 bridgehead atoms. The molecule has 0 saturated heterocycles. The van der Waals surface area contributed by atoms with Gasteiger partial charge in [-0.2, -0.15) is 0 Å². The van der Waals surface area contributed by atoms with Crippen LogP contribution >= 0.6 is 0 Å². The molecule has 0 saturated carbocycles. The van der Waals surface area contributed by atoms with Crippen molar-refractivity contribution in [2.75, 3.05) is 6.61 Å². The number of rotatable bonds is 4. The van der Waals surface area contributed by atoms with E-state index in [1.165, 1.54) is 0 Å². The van der Waals surface area contributed by atoms with Crippen molar-refractivity contribution < 1.29 is 19.4 Å². The van der Waals surface area contributed by atoms with E-state index >= 15 is 0 Å². The lowest BCUT2D eigenvalue weighted by atomic mass is 10.1. The van der Waals surface area contributed by atoms with Crippen molar-refractivity contribution in [3.8, 4) is 0 Å². The summed E-state index contributed by atoms with van der Waals surface area (Å²) in [5.74, 6) is -1.98. The Morgan fingerprint density at radius 3 is 2.15 bits per heavy atom. The standard InChI is InChI=1S/C9H14O4/c1-4-6(3)7(8(10)11)9(12)13-5-2/h4-5H2,1-3H3,(H,10,11)/b7-6-. The van der Waals surface area contributed by atoms with Crippen LogP contribution in [0.1, 0.15) is 27.2 Å². The molecule has 0 aliphatic carbocycles. The number of ether oxygens (including phenoxy) is 1. The Kier molecular flexibility index (Phi) is 4.80. The number of hydrogen-bond acceptors (Lipinski definition) is 3. The van der Waals surface area contributed by atoms with Crippen LogP contribution in [0.2, 0.25) is 0 Å². The maximum Gasteiger partial charge on any atom is 0.345 e. The normalized spacial score (nSPS) is 11.9. The molecular weight excluding hydrogens is 172 g/mol. The summed E-state index contributed by atoms with van der Waals surface area (Å²) in [5, 5.41) is 8.71. The van der Waals surface area contributed by atoms with Crippen LogP contribution in [0.15, 0.2) is 11.1 Å². The number of hydrogen-bond donors (Lipinski definition) is 1. The molecule has 0 aliphatic rings. The molecule has 0 aromatic carbocycles. The Morgan fingerprint density at radius 2 is 1.85 bits per heavy atom. The van der Waals surface area contributed by atoms with Gasteiger partial charge in [0.1, 0.15) is 5.57 Å². The van der Waals surface area contributed by atoms with Gasteiger partial charge in [-0.3, -0.25) is 0 Å². The third kappa shape index (κ3) is 3.27. The molecule has 74 valence electrons. The van der Waals surface area contributed by atoms with Gasteiger partial charge in [0.05, 0.1) is 6.61 Å². The maximum absolute atomic E-state index is 11.1. The van der Waals surface area contributed by atoms with E-state index in [1.807, 2.05) is 0 Å². The second-order valence-electron chi connectivity index (χ2n) is 2.53. The van der Waals surface area contributed by atoms with Gasteiger partial charge < -0.3 is 9.84 Å². The van der Waals surface area contributed by atoms with Crippen molar-refractivity contribution in [2.45, 2.75) is 27.2 Å². The van der Waals surface area contributed by atoms with Crippen LogP contribution < -0.4 is 0 Å². The van der Waals surface area contributed by atoms with Crippen LogP contribution in [0.25, 0.3) is 0 Å². The molecule has 13 heavy (non-hydrogen) atoms. The number of carboxylic acids is 1. The monoisotopic (exact) mass is 186 g/mol. The number of carbonyl (C=O) groups is 2. The molecule has 0 radical (unpaired) electrons. The molecule has 0 aliphatic heterocycles. The first-order valence-electron chi connectivity index (χ1n) is 4.14. The number of esters is 1. The number of allylic oxidation sites excluding steroid dienone is 1. The summed E-state index contributed by atoms with van der Waals surface area (Å²) in [5.41, 5.74) is 0.287. The Labute approximate surface area is 77.2 Å². The van der Waals surface area contributed by atoms with Crippen LogP contribution in [0.4, 0.5) is 0 Å². The van der Waals surface area contributed by atoms with Crippen molar-refractivity contribution in [1.29, 1.82) is 0 Å². The lowest BCUT2D eigenvalue weighted by Gasteiger charge is -2.05. The van der Waals surface area contributed by atoms with Gasteiger partial charge in [-0.05, 0) is 20.3 Å². The molecule has 0 unspecified atom stereocenters. The summed E-state index contributed by atoms with van der Waals surface area (Å²) in [6.45, 7) is 5.23. The Morgan fingerprint density at radius 1 is 1.31 bits per heavy atom. The first-order chi connectivity index (χ1) is 6.04. The fourth-order valence-electron chi connectivity index (χ4n) is 0.824. The van der Waals surface area contributed by atoms with Gasteiger partial charge in [-0.25, -0.2) is 9.59 Å². The van der Waals surface area contributed by atoms with Gasteiger partial charge in [0.2, 0.25) is 0 Å². The van der Waals surface area contributed by atoms with E-state index in [2.05, 4.69) is 4.74 Å². The first kappa shape index (κ1) is 11.7. The highest BCUT2D eigenvalue weighted by atomic mass is 16.5. The van der Waals surface area contributed by atoms with Crippen LogP contribution in [0.5, 0.6) is 0 Å². The summed E-state index contributed by atoms with van der Waals surface area (Å²) >= 11 is 0. The summed E-state index contributed by atoms with van der Waals surface area (Å²) < 4.78 is 4.61. The second-order valence-corrected chi connectivity index (χ2v) is 2.53. The van der Waals surface area contributed by atoms with Crippen LogP contribution in [-0.4, -0.2) is 23.7 Å². The highest BCUT2D eigenvalue weighted by molar-refractivity contribution is 6.13. The average molecular weight is 186 g/mol. The molecule has 4 nitrogen and oxygen atoms in total. The van der Waals surface area contributed by atoms with Crippen molar-refractivity contribution in [2.24, 2.45) is 0 Å². The molecule has 0 aromatic heterocycles. The fraction of sp³-hybridized carbons (Fsp3) is 0.556. The zero-order valence-corrected chi connectivity index (χ0v) is 8.09. The lowest BCUT2D eigenvalue weighted by molar-refractivity contribution is -0.144. The van der Waals surface area contributed by atoms with E-state index in [1.54, 1.807) is 20.8 Å². The molecule has 0 fully saturated rings. The average Bonchev–Trinajstić information content (AvgIpc) is 2.04. The van der Waals surface area contributed by atoms with Gasteiger partial charge in [-0.15, -0.1) is 0 Å². The van der Waals surface area contributed by atoms with Gasteiger partial charge in [0, 0.05) is 0 Å². The molecule has 1 N–H and O–H groups in total. The molecule has 0 aromatic rings. The maximum atomic E-state index is 11.1. The van der Waals surface area contributed by atoms with E-state index in [9.17, 15) is 9.59 Å². The Balaban J connectivity index is 4.82. The van der Waals surface area contributed by atoms with Gasteiger partial charge in [0.25, 0.3) is 0 Å². The van der Waals surface area contributed by atoms with Crippen LogP contribution in [-0.2, 0) is 14.3 Å². The van der Waals surface area contributed by atoms with Crippen molar-refractivity contribution >= 4 is 11.9 Å². The third-order valence-corrected chi connectivity index (χ3v) is 1.65. The highest BCUT2D eigenvalue weighted by Gasteiger charge is 2.20. The molecule has 0 amide bonds. The zero-order valence-electron chi connectivity index (χ0n) is 8.09. The minimum Gasteiger partial charge on any atom is -0.477 e. The Hall–Kier alpha value is -1.32. The second kappa shape index (κ2) is 5.35. The molecule has 0 atom stereocenters. The van der Waals surface area contributed by atoms with Crippen molar-refractivity contribution in [1.82, 2.24) is 0 Å². The van der Waals surface area contributed by atoms with Crippen molar-refractivity contribution in [3.63, 3.8) is 0 Å². The van der Waals surface area contributed by atoms with Gasteiger partial charge in [0.15, 0.2) is 0 Å². The molecule has 0 spiro atoms. The predicted molar refractivity (Wildman–Crippen MR) is 47.3 cm³/mol. The van der Waals surface area contributed by atoms with Gasteiger partial charge in [-0.1, -0.05) is 12.5 Å². The smallest absolute Gasteiger partial charge is 0.345 e. The molecule has 4 heteroatoms. The zero-order chi connectivity index (χ0) is 10.4. The van der Waals surface area contributed by atoms with E-state index < -0.39 is 11.9 Å². The van der Waals surface area contributed by atoms with Crippen LogP contribution in [0, 0.1) is 0 Å². The lowest BCUT2D eigenvalue weighted by Crippen LogP contribution is -2.17. The SMILES string of the molecule is CCOC(=O)/C(C(=O)O)=C(/C)CC. The first-order valence-corrected chi connectivity index (χ1v) is 4.14. The number of aliphatic carboxylic acids is 1. The molecule has 0 rings (SSSR count). The minimum atomic E-state index is -1.22. The predicted octanol–water partition coefficient (Wildman–Crippen LogP) is 1.36.